The Labute approximate surface area is 98.3 Å². The molecule has 0 aromatic heterocycles. The molecule has 0 spiro atoms. The monoisotopic (exact) mass is 215 g/mol. The number of hydrogen-bond acceptors (Lipinski definition) is 1. The van der Waals surface area contributed by atoms with E-state index in [0.29, 0.717) is 11.3 Å². The summed E-state index contributed by atoms with van der Waals surface area (Å²) >= 11 is 0. The highest BCUT2D eigenvalue weighted by molar-refractivity contribution is 5.24. The minimum absolute atomic E-state index is 0.557. The summed E-state index contributed by atoms with van der Waals surface area (Å²) < 4.78 is 0. The van der Waals surface area contributed by atoms with Crippen LogP contribution in [0.15, 0.2) is 30.3 Å². The number of fused-ring (bicyclic) bond motifs is 1. The van der Waals surface area contributed by atoms with Gasteiger partial charge in [-0.15, -0.1) is 0 Å². The predicted octanol–water partition coefficient (Wildman–Crippen LogP) is 3.18. The van der Waals surface area contributed by atoms with Crippen LogP contribution in [-0.4, -0.2) is 13.1 Å². The molecular weight excluding hydrogens is 194 g/mol. The van der Waals surface area contributed by atoms with E-state index >= 15 is 0 Å². The molecule has 1 aromatic rings. The van der Waals surface area contributed by atoms with Gasteiger partial charge in [-0.25, -0.2) is 0 Å². The summed E-state index contributed by atoms with van der Waals surface area (Å²) in [5, 5.41) is 3.62. The molecule has 1 N–H and O–H groups in total. The number of nitrogens with one attached hydrogen (secondary N) is 1. The third kappa shape index (κ3) is 1.41. The third-order valence-corrected chi connectivity index (χ3v) is 5.01. The molecule has 2 aliphatic rings. The molecule has 1 aliphatic heterocycles. The zero-order chi connectivity index (χ0) is 11.0. The van der Waals surface area contributed by atoms with E-state index in [0.717, 1.165) is 5.92 Å². The average Bonchev–Trinajstić information content (AvgIpc) is 2.88. The average molecular weight is 215 g/mol. The third-order valence-electron chi connectivity index (χ3n) is 5.01. The molecule has 16 heavy (non-hydrogen) atoms. The van der Waals surface area contributed by atoms with Crippen molar-refractivity contribution in [2.75, 3.05) is 13.1 Å². The summed E-state index contributed by atoms with van der Waals surface area (Å²) in [6.07, 6.45) is 4.29. The van der Waals surface area contributed by atoms with Gasteiger partial charge in [0.05, 0.1) is 0 Å². The first-order valence-electron chi connectivity index (χ1n) is 6.58. The molecular formula is C15H21N. The second-order valence-electron chi connectivity index (χ2n) is 5.59. The molecule has 1 heteroatoms. The van der Waals surface area contributed by atoms with E-state index < -0.39 is 0 Å². The maximum absolute atomic E-state index is 3.62. The normalized spacial score (nSPS) is 34.9. The first-order chi connectivity index (χ1) is 7.83. The van der Waals surface area contributed by atoms with Gasteiger partial charge in [-0.1, -0.05) is 43.7 Å². The zero-order valence-corrected chi connectivity index (χ0v) is 10.1. The van der Waals surface area contributed by atoms with E-state index in [1.165, 1.54) is 37.9 Å². The lowest BCUT2D eigenvalue weighted by Crippen LogP contribution is -2.31. The summed E-state index contributed by atoms with van der Waals surface area (Å²) in [6, 6.07) is 11.1. The van der Waals surface area contributed by atoms with Crippen molar-refractivity contribution in [2.45, 2.75) is 32.1 Å². The van der Waals surface area contributed by atoms with Gasteiger partial charge in [0, 0.05) is 6.54 Å². The van der Waals surface area contributed by atoms with Crippen molar-refractivity contribution >= 4 is 0 Å². The van der Waals surface area contributed by atoms with E-state index in [4.69, 9.17) is 0 Å². The smallest absolute Gasteiger partial charge is 0.00168 e. The Morgan fingerprint density at radius 3 is 2.94 bits per heavy atom. The molecule has 2 fully saturated rings. The zero-order valence-electron chi connectivity index (χ0n) is 10.1. The number of rotatable bonds is 2. The maximum Gasteiger partial charge on any atom is 0.00168 e. The van der Waals surface area contributed by atoms with E-state index in [2.05, 4.69) is 42.6 Å². The fraction of sp³-hybridized carbons (Fsp3) is 0.600. The van der Waals surface area contributed by atoms with Gasteiger partial charge in [0.2, 0.25) is 0 Å². The molecule has 1 aliphatic carbocycles. The van der Waals surface area contributed by atoms with Crippen LogP contribution >= 0.6 is 0 Å². The van der Waals surface area contributed by atoms with Crippen LogP contribution < -0.4 is 5.32 Å². The lowest BCUT2D eigenvalue weighted by atomic mass is 9.68. The van der Waals surface area contributed by atoms with Crippen molar-refractivity contribution in [2.24, 2.45) is 11.3 Å². The van der Waals surface area contributed by atoms with E-state index in [1.807, 2.05) is 0 Å². The van der Waals surface area contributed by atoms with Crippen LogP contribution in [0.1, 0.15) is 37.7 Å². The van der Waals surface area contributed by atoms with Crippen LogP contribution in [0, 0.1) is 11.3 Å². The molecule has 3 rings (SSSR count). The van der Waals surface area contributed by atoms with Crippen LogP contribution in [0.4, 0.5) is 0 Å². The Balaban J connectivity index is 1.92. The van der Waals surface area contributed by atoms with Crippen LogP contribution in [0.3, 0.4) is 0 Å². The van der Waals surface area contributed by atoms with Gasteiger partial charge in [0.25, 0.3) is 0 Å². The first-order valence-corrected chi connectivity index (χ1v) is 6.58. The second kappa shape index (κ2) is 3.89. The second-order valence-corrected chi connectivity index (χ2v) is 5.59. The van der Waals surface area contributed by atoms with Crippen LogP contribution in [0.25, 0.3) is 0 Å². The first kappa shape index (κ1) is 10.3. The van der Waals surface area contributed by atoms with E-state index in [1.54, 1.807) is 0 Å². The lowest BCUT2D eigenvalue weighted by Gasteiger charge is -2.35. The number of hydrogen-bond donors (Lipinski definition) is 1. The minimum atomic E-state index is 0.557. The van der Waals surface area contributed by atoms with Gasteiger partial charge in [0.1, 0.15) is 0 Å². The maximum atomic E-state index is 3.62. The Morgan fingerprint density at radius 1 is 1.31 bits per heavy atom. The summed E-state index contributed by atoms with van der Waals surface area (Å²) in [4.78, 5) is 0. The Bertz CT molecular complexity index is 347. The van der Waals surface area contributed by atoms with Crippen molar-refractivity contribution in [3.8, 4) is 0 Å². The van der Waals surface area contributed by atoms with Gasteiger partial charge in [-0.2, -0.15) is 0 Å². The van der Waals surface area contributed by atoms with Crippen LogP contribution in [0.2, 0.25) is 0 Å². The summed E-state index contributed by atoms with van der Waals surface area (Å²) in [6.45, 7) is 4.91. The van der Waals surface area contributed by atoms with Crippen molar-refractivity contribution < 1.29 is 0 Å². The molecule has 1 heterocycles. The topological polar surface area (TPSA) is 12.0 Å². The molecule has 3 atom stereocenters. The van der Waals surface area contributed by atoms with Crippen molar-refractivity contribution in [1.29, 1.82) is 0 Å². The van der Waals surface area contributed by atoms with Crippen LogP contribution in [-0.2, 0) is 0 Å². The summed E-state index contributed by atoms with van der Waals surface area (Å²) in [5.41, 5.74) is 2.08. The highest BCUT2D eigenvalue weighted by Crippen LogP contribution is 2.54. The van der Waals surface area contributed by atoms with Crippen molar-refractivity contribution in [3.63, 3.8) is 0 Å². The van der Waals surface area contributed by atoms with Gasteiger partial charge >= 0.3 is 0 Å². The molecule has 0 amide bonds. The highest BCUT2D eigenvalue weighted by Gasteiger charge is 2.49. The fourth-order valence-corrected chi connectivity index (χ4v) is 3.98. The molecule has 1 saturated heterocycles. The van der Waals surface area contributed by atoms with E-state index in [-0.39, 0.29) is 0 Å². The Morgan fingerprint density at radius 2 is 2.12 bits per heavy atom. The highest BCUT2D eigenvalue weighted by atomic mass is 14.9. The molecule has 1 nitrogen and oxygen atoms in total. The Kier molecular flexibility index (Phi) is 2.51. The standard InChI is InChI=1S/C15H21N/c1-12(13-6-3-2-4-7-13)15-9-5-8-14(15)10-16-11-15/h2-4,6-7,12,14,16H,5,8-11H2,1H3/t12-,14?,15?/m1/s1. The molecule has 2 unspecified atom stereocenters. The SMILES string of the molecule is C[C@H](c1ccccc1)C12CCCC1CNC2. The van der Waals surface area contributed by atoms with Crippen LogP contribution in [0.5, 0.6) is 0 Å². The van der Waals surface area contributed by atoms with E-state index in [9.17, 15) is 0 Å². The number of benzene rings is 1. The quantitative estimate of drug-likeness (QED) is 0.799. The summed E-state index contributed by atoms with van der Waals surface area (Å²) in [7, 11) is 0. The van der Waals surface area contributed by atoms with Gasteiger partial charge in [-0.05, 0) is 42.2 Å². The molecule has 86 valence electrons. The molecule has 1 saturated carbocycles. The van der Waals surface area contributed by atoms with Gasteiger partial charge in [0.15, 0.2) is 0 Å². The van der Waals surface area contributed by atoms with Gasteiger partial charge in [-0.3, -0.25) is 0 Å². The summed E-state index contributed by atoms with van der Waals surface area (Å²) in [5.74, 6) is 1.62. The van der Waals surface area contributed by atoms with Crippen molar-refractivity contribution in [1.82, 2.24) is 5.32 Å². The molecule has 1 aromatic carbocycles. The lowest BCUT2D eigenvalue weighted by molar-refractivity contribution is 0.219. The molecule has 0 radical (unpaired) electrons. The molecule has 0 bridgehead atoms. The predicted molar refractivity (Wildman–Crippen MR) is 67.5 cm³/mol. The van der Waals surface area contributed by atoms with Gasteiger partial charge < -0.3 is 5.32 Å². The van der Waals surface area contributed by atoms with Crippen molar-refractivity contribution in [3.05, 3.63) is 35.9 Å². The Hall–Kier alpha value is -0.820. The minimum Gasteiger partial charge on any atom is -0.316 e. The fourth-order valence-electron chi connectivity index (χ4n) is 3.98. The largest absolute Gasteiger partial charge is 0.316 e.